The molecule has 0 N–H and O–H groups in total. The van der Waals surface area contributed by atoms with E-state index in [-0.39, 0.29) is 20.1 Å². The smallest absolute Gasteiger partial charge is 0.500 e. The summed E-state index contributed by atoms with van der Waals surface area (Å²) >= 11 is 0. The molecule has 242 valence electrons. The summed E-state index contributed by atoms with van der Waals surface area (Å²) in [6.45, 7) is 11.3. The number of hydrogen-bond acceptors (Lipinski definition) is 3. The maximum absolute atomic E-state index is 4.22. The summed E-state index contributed by atoms with van der Waals surface area (Å²) in [5.41, 5.74) is 10.9. The van der Waals surface area contributed by atoms with Crippen molar-refractivity contribution < 1.29 is 20.1 Å². The topological polar surface area (TPSA) is 23.8 Å². The number of fused-ring (bicyclic) bond motifs is 6. The fraction of sp³-hybridized carbons (Fsp3) is 0.136. The zero-order chi connectivity index (χ0) is 32.8. The quantitative estimate of drug-likeness (QED) is 0.162. The van der Waals surface area contributed by atoms with E-state index in [2.05, 4.69) is 151 Å². The van der Waals surface area contributed by atoms with Crippen LogP contribution in [-0.2, 0) is 20.1 Å². The molecule has 9 rings (SSSR count). The molecule has 1 aliphatic rings. The van der Waals surface area contributed by atoms with Crippen LogP contribution in [0.3, 0.4) is 0 Å². The van der Waals surface area contributed by atoms with Crippen LogP contribution in [0.5, 0.6) is 0 Å². The molecule has 0 spiro atoms. The number of para-hydroxylation sites is 3. The van der Waals surface area contributed by atoms with Gasteiger partial charge in [-0.1, -0.05) is 99.9 Å². The Bertz CT molecular complexity index is 2330. The number of aromatic nitrogens is 2. The molecule has 0 aliphatic carbocycles. The van der Waals surface area contributed by atoms with Gasteiger partial charge in [0.05, 0.1) is 0 Å². The van der Waals surface area contributed by atoms with Crippen molar-refractivity contribution in [1.82, 2.24) is 9.38 Å². The van der Waals surface area contributed by atoms with E-state index in [4.69, 9.17) is 0 Å². The normalized spacial score (nSPS) is 12.9. The molecule has 5 heteroatoms. The molecule has 4 nitrogen and oxygen atoms in total. The first-order valence-electron chi connectivity index (χ1n) is 16.7. The van der Waals surface area contributed by atoms with Gasteiger partial charge in [0.1, 0.15) is 0 Å². The predicted octanol–water partition coefficient (Wildman–Crippen LogP) is 11.3. The Hall–Kier alpha value is -4.96. The SMILES string of the molecule is CC(C)c1cccc(C(C)C)c1N1C=CN(c2[c-]cc3c(c2)c2cccc4c5ccccc5n3c24)[CH-]1.[Ir+3].[c-]1ccccc1-c1ccccn1. The molecule has 5 aromatic carbocycles. The number of benzene rings is 5. The third kappa shape index (κ3) is 5.77. The van der Waals surface area contributed by atoms with Crippen LogP contribution in [0.25, 0.3) is 49.4 Å². The Morgan fingerprint density at radius 3 is 2.02 bits per heavy atom. The van der Waals surface area contributed by atoms with Gasteiger partial charge < -0.3 is 19.2 Å². The Kier molecular flexibility index (Phi) is 8.98. The van der Waals surface area contributed by atoms with E-state index < -0.39 is 0 Å². The maximum Gasteiger partial charge on any atom is 3.00 e. The van der Waals surface area contributed by atoms with Crippen LogP contribution in [0.15, 0.2) is 134 Å². The van der Waals surface area contributed by atoms with Crippen molar-refractivity contribution in [2.45, 2.75) is 39.5 Å². The molecule has 0 saturated carbocycles. The van der Waals surface area contributed by atoms with E-state index >= 15 is 0 Å². The number of rotatable bonds is 5. The second kappa shape index (κ2) is 13.5. The van der Waals surface area contributed by atoms with E-state index in [1.54, 1.807) is 6.20 Å². The molecule has 0 unspecified atom stereocenters. The first-order chi connectivity index (χ1) is 23.5. The summed E-state index contributed by atoms with van der Waals surface area (Å²) in [4.78, 5) is 8.69. The largest absolute Gasteiger partial charge is 3.00 e. The second-order valence-corrected chi connectivity index (χ2v) is 13.0. The average Bonchev–Trinajstić information content (AvgIpc) is 3.84. The fourth-order valence-corrected chi connectivity index (χ4v) is 7.02. The van der Waals surface area contributed by atoms with Gasteiger partial charge in [0.2, 0.25) is 0 Å². The van der Waals surface area contributed by atoms with Gasteiger partial charge >= 0.3 is 20.1 Å². The Morgan fingerprint density at radius 1 is 0.633 bits per heavy atom. The van der Waals surface area contributed by atoms with E-state index in [9.17, 15) is 0 Å². The van der Waals surface area contributed by atoms with Crippen LogP contribution in [0.4, 0.5) is 11.4 Å². The summed E-state index contributed by atoms with van der Waals surface area (Å²) in [6, 6.07) is 46.9. The molecule has 0 bridgehead atoms. The molecule has 0 fully saturated rings. The van der Waals surface area contributed by atoms with Crippen molar-refractivity contribution in [3.8, 4) is 11.3 Å². The molecule has 0 radical (unpaired) electrons. The summed E-state index contributed by atoms with van der Waals surface area (Å²) in [5, 5.41) is 5.17. The van der Waals surface area contributed by atoms with Gasteiger partial charge in [-0.2, -0.15) is 12.1 Å². The van der Waals surface area contributed by atoms with Gasteiger partial charge in [0.15, 0.2) is 0 Å². The monoisotopic (exact) mass is 814 g/mol. The fourth-order valence-electron chi connectivity index (χ4n) is 7.02. The van der Waals surface area contributed by atoms with Crippen LogP contribution in [0, 0.1) is 18.8 Å². The minimum atomic E-state index is 0. The van der Waals surface area contributed by atoms with Crippen molar-refractivity contribution in [1.29, 1.82) is 0 Å². The summed E-state index contributed by atoms with van der Waals surface area (Å²) in [7, 11) is 0. The van der Waals surface area contributed by atoms with Crippen molar-refractivity contribution >= 4 is 49.5 Å². The summed E-state index contributed by atoms with van der Waals surface area (Å²) in [5.74, 6) is 0.900. The van der Waals surface area contributed by atoms with Crippen LogP contribution in [0.2, 0.25) is 0 Å². The minimum absolute atomic E-state index is 0. The predicted molar refractivity (Wildman–Crippen MR) is 201 cm³/mol. The van der Waals surface area contributed by atoms with Crippen molar-refractivity contribution in [2.75, 3.05) is 9.80 Å². The van der Waals surface area contributed by atoms with E-state index in [0.717, 1.165) is 16.9 Å². The Balaban J connectivity index is 0.000000246. The Labute approximate surface area is 302 Å². The van der Waals surface area contributed by atoms with Gasteiger partial charge in [-0.3, -0.25) is 0 Å². The Morgan fingerprint density at radius 2 is 1.31 bits per heavy atom. The third-order valence-electron chi connectivity index (χ3n) is 9.31. The first kappa shape index (κ1) is 32.6. The number of nitrogens with zero attached hydrogens (tertiary/aromatic N) is 4. The van der Waals surface area contributed by atoms with Gasteiger partial charge in [-0.15, -0.1) is 59.7 Å². The average molecular weight is 814 g/mol. The molecule has 49 heavy (non-hydrogen) atoms. The molecule has 0 atom stereocenters. The molecule has 1 aliphatic heterocycles. The molecule has 0 saturated heterocycles. The van der Waals surface area contributed by atoms with Gasteiger partial charge in [0, 0.05) is 33.7 Å². The summed E-state index contributed by atoms with van der Waals surface area (Å²) < 4.78 is 2.40. The van der Waals surface area contributed by atoms with Crippen LogP contribution >= 0.6 is 0 Å². The molecule has 4 heterocycles. The van der Waals surface area contributed by atoms with E-state index in [0.29, 0.717) is 11.8 Å². The van der Waals surface area contributed by atoms with Gasteiger partial charge in [-0.05, 0) is 58.6 Å². The third-order valence-corrected chi connectivity index (χ3v) is 9.31. The molecule has 0 amide bonds. The van der Waals surface area contributed by atoms with E-state index in [1.165, 1.54) is 54.9 Å². The van der Waals surface area contributed by atoms with Crippen molar-refractivity contribution in [3.05, 3.63) is 164 Å². The zero-order valence-electron chi connectivity index (χ0n) is 28.1. The molecular formula is C44H37IrN4. The number of anilines is 2. The van der Waals surface area contributed by atoms with Gasteiger partial charge in [-0.25, -0.2) is 0 Å². The van der Waals surface area contributed by atoms with Gasteiger partial charge in [0.25, 0.3) is 0 Å². The molecular weight excluding hydrogens is 777 g/mol. The number of hydrogen-bond donors (Lipinski definition) is 0. The minimum Gasteiger partial charge on any atom is -0.500 e. The van der Waals surface area contributed by atoms with E-state index in [1.807, 2.05) is 42.5 Å². The summed E-state index contributed by atoms with van der Waals surface area (Å²) in [6.07, 6.45) is 6.10. The van der Waals surface area contributed by atoms with Crippen LogP contribution < -0.4 is 9.80 Å². The zero-order valence-corrected chi connectivity index (χ0v) is 30.5. The van der Waals surface area contributed by atoms with Crippen LogP contribution in [-0.4, -0.2) is 9.38 Å². The maximum atomic E-state index is 4.22. The van der Waals surface area contributed by atoms with Crippen molar-refractivity contribution in [3.63, 3.8) is 0 Å². The first-order valence-corrected chi connectivity index (χ1v) is 16.7. The van der Waals surface area contributed by atoms with Crippen LogP contribution in [0.1, 0.15) is 50.7 Å². The standard InChI is InChI=1S/C33H29N3.C11H8N.Ir/c1-21(2)24-10-7-11-25(22(3)4)32(24)35-18-17-34(20-35)23-15-16-31-29(19-23)28-13-8-12-27-26-9-5-6-14-30(26)36(31)33(27)28;1-2-6-10(7-3-1)11-8-4-5-9-12-11;/h5-14,16-22H,1-4H3;1-6,8-9H;/q-2;-1;+3. The molecule has 3 aromatic heterocycles. The van der Waals surface area contributed by atoms with Crippen molar-refractivity contribution in [2.24, 2.45) is 0 Å². The molecule has 8 aromatic rings. The number of pyridine rings is 1. The second-order valence-electron chi connectivity index (χ2n) is 13.0.